The van der Waals surface area contributed by atoms with Crippen molar-refractivity contribution in [2.45, 2.75) is 49.6 Å². The number of imidazole rings is 2. The zero-order valence-corrected chi connectivity index (χ0v) is 36.6. The van der Waals surface area contributed by atoms with Crippen LogP contribution < -0.4 is 5.73 Å². The number of nitrogens with two attached hydrogens (primary N) is 1. The molecule has 9 rings (SSSR count). The number of ether oxygens (including phenoxy) is 1. The Morgan fingerprint density at radius 2 is 0.825 bits per heavy atom. The number of hydrogen-bond donors (Lipinski definition) is 1. The molecule has 3 heterocycles. The number of aryl methyl sites for hydroxylation is 2. The summed E-state index contributed by atoms with van der Waals surface area (Å²) in [5, 5.41) is 2.43. The van der Waals surface area contributed by atoms with Crippen molar-refractivity contribution in [1.29, 1.82) is 0 Å². The molecule has 6 aromatic carbocycles. The van der Waals surface area contributed by atoms with Crippen LogP contribution in [-0.4, -0.2) is 50.6 Å². The number of hydrogen-bond acceptors (Lipinski definition) is 6. The van der Waals surface area contributed by atoms with Crippen LogP contribution in [0.4, 0.5) is 0 Å². The summed E-state index contributed by atoms with van der Waals surface area (Å²) >= 11 is 4.66. The Labute approximate surface area is 378 Å². The van der Waals surface area contributed by atoms with Gasteiger partial charge in [-0.3, -0.25) is 0 Å². The number of benzene rings is 6. The van der Waals surface area contributed by atoms with E-state index in [0.29, 0.717) is 13.1 Å². The third-order valence-corrected chi connectivity index (χ3v) is 11.6. The summed E-state index contributed by atoms with van der Waals surface area (Å²) in [5.41, 5.74) is 14.0. The average Bonchev–Trinajstić information content (AvgIpc) is 4.19. The predicted molar refractivity (Wildman–Crippen MR) is 259 cm³/mol. The van der Waals surface area contributed by atoms with Crippen LogP contribution in [0.3, 0.4) is 0 Å². The van der Waals surface area contributed by atoms with Gasteiger partial charge < -0.3 is 19.6 Å². The number of thiocarbonyl (C=S) groups is 1. The third-order valence-electron chi connectivity index (χ3n) is 11.4. The molecule has 2 aromatic heterocycles. The van der Waals surface area contributed by atoms with Gasteiger partial charge in [-0.2, -0.15) is 0 Å². The SMILES string of the molecule is C1CCOC1.NCCCc1cn(C(c2ccccc2)(c2ccccc2)c2ccccc2)cn1.S=C=NCCCc1cn(C(c2ccccc2)(c2ccccc2)c2ccccc2)cn1. The van der Waals surface area contributed by atoms with Gasteiger partial charge in [-0.05, 0) is 90.7 Å². The molecule has 0 atom stereocenters. The second-order valence-corrected chi connectivity index (χ2v) is 15.6. The summed E-state index contributed by atoms with van der Waals surface area (Å²) < 4.78 is 9.43. The normalized spacial score (nSPS) is 12.3. The lowest BCUT2D eigenvalue weighted by Gasteiger charge is -2.37. The van der Waals surface area contributed by atoms with E-state index in [1.54, 1.807) is 0 Å². The number of nitrogens with zero attached hydrogens (tertiary/aromatic N) is 5. The number of isothiocyanates is 1. The lowest BCUT2D eigenvalue weighted by atomic mass is 9.77. The van der Waals surface area contributed by atoms with Crippen LogP contribution >= 0.6 is 12.2 Å². The molecule has 2 N–H and O–H groups in total. The summed E-state index contributed by atoms with van der Waals surface area (Å²) in [6.07, 6.45) is 14.4. The van der Waals surface area contributed by atoms with Gasteiger partial charge in [-0.15, -0.1) is 0 Å². The van der Waals surface area contributed by atoms with E-state index in [1.165, 1.54) is 46.2 Å². The average molecular weight is 849 g/mol. The first-order valence-corrected chi connectivity index (χ1v) is 22.3. The van der Waals surface area contributed by atoms with Gasteiger partial charge in [-0.1, -0.05) is 182 Å². The molecule has 0 aliphatic carbocycles. The Hall–Kier alpha value is -6.54. The van der Waals surface area contributed by atoms with Crippen molar-refractivity contribution in [1.82, 2.24) is 19.1 Å². The molecule has 1 aliphatic heterocycles. The molecule has 8 aromatic rings. The van der Waals surface area contributed by atoms with Crippen molar-refractivity contribution in [3.8, 4) is 0 Å². The van der Waals surface area contributed by atoms with E-state index >= 15 is 0 Å². The van der Waals surface area contributed by atoms with Crippen LogP contribution in [0.1, 0.15) is 70.5 Å². The van der Waals surface area contributed by atoms with E-state index in [0.717, 1.165) is 50.3 Å². The molecule has 8 heteroatoms. The molecule has 7 nitrogen and oxygen atoms in total. The fraction of sp³-hybridized carbons (Fsp3) is 0.218. The molecular weight excluding hydrogens is 793 g/mol. The highest BCUT2D eigenvalue weighted by Gasteiger charge is 2.39. The summed E-state index contributed by atoms with van der Waals surface area (Å²) in [6.45, 7) is 3.35. The van der Waals surface area contributed by atoms with E-state index in [-0.39, 0.29) is 0 Å². The summed E-state index contributed by atoms with van der Waals surface area (Å²) in [7, 11) is 0. The van der Waals surface area contributed by atoms with E-state index < -0.39 is 11.1 Å². The van der Waals surface area contributed by atoms with Crippen LogP contribution in [0.25, 0.3) is 0 Å². The fourth-order valence-electron chi connectivity index (χ4n) is 8.50. The van der Waals surface area contributed by atoms with Gasteiger partial charge in [0.05, 0.1) is 29.2 Å². The Balaban J connectivity index is 0.000000170. The number of rotatable bonds is 15. The zero-order valence-electron chi connectivity index (χ0n) is 35.8. The largest absolute Gasteiger partial charge is 0.381 e. The van der Waals surface area contributed by atoms with E-state index in [4.69, 9.17) is 20.4 Å². The molecule has 318 valence electrons. The van der Waals surface area contributed by atoms with Gasteiger partial charge in [0, 0.05) is 32.2 Å². The molecule has 0 radical (unpaired) electrons. The van der Waals surface area contributed by atoms with Crippen LogP contribution in [0.5, 0.6) is 0 Å². The fourth-order valence-corrected chi connectivity index (χ4v) is 8.59. The van der Waals surface area contributed by atoms with Gasteiger partial charge in [0.25, 0.3) is 0 Å². The Morgan fingerprint density at radius 1 is 0.508 bits per heavy atom. The Morgan fingerprint density at radius 3 is 1.10 bits per heavy atom. The molecule has 0 amide bonds. The lowest BCUT2D eigenvalue weighted by Crippen LogP contribution is -2.36. The minimum Gasteiger partial charge on any atom is -0.381 e. The first-order chi connectivity index (χ1) is 31.2. The highest BCUT2D eigenvalue weighted by Crippen LogP contribution is 2.42. The highest BCUT2D eigenvalue weighted by molar-refractivity contribution is 7.78. The third kappa shape index (κ3) is 10.6. The highest BCUT2D eigenvalue weighted by atomic mass is 32.1. The minimum atomic E-state index is -0.512. The topological polar surface area (TPSA) is 83.3 Å². The molecule has 63 heavy (non-hydrogen) atoms. The molecular formula is C55H56N6OS. The summed E-state index contributed by atoms with van der Waals surface area (Å²) in [6, 6.07) is 63.8. The molecule has 1 fully saturated rings. The van der Waals surface area contributed by atoms with Gasteiger partial charge in [-0.25, -0.2) is 15.0 Å². The van der Waals surface area contributed by atoms with Crippen LogP contribution in [0, 0.1) is 0 Å². The maximum atomic E-state index is 5.71. The first kappa shape index (κ1) is 44.5. The van der Waals surface area contributed by atoms with Crippen molar-refractivity contribution in [2.24, 2.45) is 10.7 Å². The van der Waals surface area contributed by atoms with Gasteiger partial charge in [0.1, 0.15) is 11.1 Å². The molecule has 0 unspecified atom stereocenters. The quantitative estimate of drug-likeness (QED) is 0.0481. The Bertz CT molecular complexity index is 2350. The molecule has 1 saturated heterocycles. The van der Waals surface area contributed by atoms with Gasteiger partial charge in [0.2, 0.25) is 0 Å². The van der Waals surface area contributed by atoms with E-state index in [1.807, 2.05) is 12.7 Å². The van der Waals surface area contributed by atoms with Crippen molar-refractivity contribution >= 4 is 17.4 Å². The van der Waals surface area contributed by atoms with Crippen molar-refractivity contribution in [2.75, 3.05) is 26.3 Å². The second kappa shape index (κ2) is 23.1. The van der Waals surface area contributed by atoms with E-state index in [9.17, 15) is 0 Å². The van der Waals surface area contributed by atoms with Crippen molar-refractivity contribution in [3.05, 3.63) is 252 Å². The maximum Gasteiger partial charge on any atom is 0.121 e. The standard InChI is InChI=1S/C26H23N3S.C25H25N3.C4H8O/c30-21-27-18-10-17-25-19-29(20-28-25)26(22-11-4-1-5-12-22,23-13-6-2-7-14-23)24-15-8-3-9-16-24;26-18-10-17-24-19-28(20-27-24)25(21-11-4-1-5-12-21,22-13-6-2-7-14-22)23-15-8-3-9-16-23;1-2-4-5-3-1/h1-9,11-16,19-20H,10,17-18H2;1-9,11-16,19-20H,10,17-18,26H2;1-4H2. The monoisotopic (exact) mass is 848 g/mol. The smallest absolute Gasteiger partial charge is 0.121 e. The molecule has 0 spiro atoms. The second-order valence-electron chi connectivity index (χ2n) is 15.4. The van der Waals surface area contributed by atoms with Crippen LogP contribution in [0.15, 0.2) is 212 Å². The van der Waals surface area contributed by atoms with Crippen molar-refractivity contribution < 1.29 is 4.74 Å². The predicted octanol–water partition coefficient (Wildman–Crippen LogP) is 11.2. The summed E-state index contributed by atoms with van der Waals surface area (Å²) in [5.74, 6) is 0. The van der Waals surface area contributed by atoms with Crippen molar-refractivity contribution in [3.63, 3.8) is 0 Å². The lowest BCUT2D eigenvalue weighted by molar-refractivity contribution is 0.198. The van der Waals surface area contributed by atoms with Crippen LogP contribution in [0.2, 0.25) is 0 Å². The van der Waals surface area contributed by atoms with Crippen LogP contribution in [-0.2, 0) is 28.7 Å². The van der Waals surface area contributed by atoms with Gasteiger partial charge >= 0.3 is 0 Å². The summed E-state index contributed by atoms with van der Waals surface area (Å²) in [4.78, 5) is 13.5. The molecule has 0 bridgehead atoms. The first-order valence-electron chi connectivity index (χ1n) is 21.9. The van der Waals surface area contributed by atoms with Gasteiger partial charge in [0.15, 0.2) is 0 Å². The number of aromatic nitrogens is 4. The van der Waals surface area contributed by atoms with E-state index in [2.05, 4.69) is 226 Å². The minimum absolute atomic E-state index is 0.488. The molecule has 0 saturated carbocycles. The maximum absolute atomic E-state index is 5.71. The number of aliphatic imine (C=N–C) groups is 1. The molecule has 1 aliphatic rings. The Kier molecular flexibility index (Phi) is 16.3. The zero-order chi connectivity index (χ0) is 43.4.